The molecular formula is C12H20N4O3. The van der Waals surface area contributed by atoms with E-state index in [0.717, 1.165) is 0 Å². The molecule has 0 aliphatic carbocycles. The van der Waals surface area contributed by atoms with E-state index in [4.69, 9.17) is 10.5 Å². The molecule has 0 aromatic carbocycles. The zero-order valence-corrected chi connectivity index (χ0v) is 11.6. The number of esters is 1. The van der Waals surface area contributed by atoms with Crippen molar-refractivity contribution < 1.29 is 14.3 Å². The van der Waals surface area contributed by atoms with Crippen molar-refractivity contribution in [1.82, 2.24) is 9.78 Å². The Balaban J connectivity index is 2.92. The largest absolute Gasteiger partial charge is 0.462 e. The van der Waals surface area contributed by atoms with E-state index in [2.05, 4.69) is 10.4 Å². The lowest BCUT2D eigenvalue weighted by molar-refractivity contribution is -0.118. The van der Waals surface area contributed by atoms with E-state index in [1.807, 2.05) is 13.8 Å². The van der Waals surface area contributed by atoms with Crippen LogP contribution >= 0.6 is 0 Å². The Morgan fingerprint density at radius 1 is 1.53 bits per heavy atom. The van der Waals surface area contributed by atoms with Crippen molar-refractivity contribution in [1.29, 1.82) is 0 Å². The number of carbonyl (C=O) groups excluding carboxylic acids is 2. The topological polar surface area (TPSA) is 99.2 Å². The first-order valence-electron chi connectivity index (χ1n) is 6.14. The Bertz CT molecular complexity index is 468. The van der Waals surface area contributed by atoms with Gasteiger partial charge in [0.25, 0.3) is 0 Å². The predicted octanol–water partition coefficient (Wildman–Crippen LogP) is 0.519. The van der Waals surface area contributed by atoms with Gasteiger partial charge in [-0.05, 0) is 12.8 Å². The van der Waals surface area contributed by atoms with Gasteiger partial charge < -0.3 is 15.8 Å². The number of aryl methyl sites for hydroxylation is 1. The van der Waals surface area contributed by atoms with Gasteiger partial charge in [0.15, 0.2) is 0 Å². The third kappa shape index (κ3) is 3.54. The molecule has 1 rings (SSSR count). The number of nitrogens with zero attached hydrogens (tertiary/aromatic N) is 2. The number of rotatable bonds is 5. The highest BCUT2D eigenvalue weighted by Gasteiger charge is 2.23. The first-order valence-corrected chi connectivity index (χ1v) is 6.14. The maximum atomic E-state index is 11.9. The lowest BCUT2D eigenvalue weighted by atomic mass is 10.1. The Morgan fingerprint density at radius 3 is 2.68 bits per heavy atom. The molecule has 7 heteroatoms. The fraction of sp³-hybridized carbons (Fsp3) is 0.583. The maximum Gasteiger partial charge on any atom is 0.343 e. The Kier molecular flexibility index (Phi) is 5.05. The highest BCUT2D eigenvalue weighted by atomic mass is 16.5. The Hall–Kier alpha value is -1.89. The van der Waals surface area contributed by atoms with Crippen LogP contribution < -0.4 is 11.1 Å². The lowest BCUT2D eigenvalue weighted by Gasteiger charge is -2.16. The molecule has 19 heavy (non-hydrogen) atoms. The minimum Gasteiger partial charge on any atom is -0.462 e. The number of nitrogens with one attached hydrogen (secondary N) is 1. The number of hydrogen-bond donors (Lipinski definition) is 2. The fourth-order valence-electron chi connectivity index (χ4n) is 1.45. The summed E-state index contributed by atoms with van der Waals surface area (Å²) < 4.78 is 6.30. The number of ether oxygens (including phenoxy) is 1. The van der Waals surface area contributed by atoms with Crippen LogP contribution in [0.2, 0.25) is 0 Å². The molecule has 1 atom stereocenters. The van der Waals surface area contributed by atoms with E-state index in [1.54, 1.807) is 14.0 Å². The van der Waals surface area contributed by atoms with Crippen molar-refractivity contribution in [2.75, 3.05) is 11.9 Å². The summed E-state index contributed by atoms with van der Waals surface area (Å²) in [5.74, 6) is -0.591. The summed E-state index contributed by atoms with van der Waals surface area (Å²) in [6, 6.07) is -0.648. The van der Waals surface area contributed by atoms with Gasteiger partial charge in [-0.2, -0.15) is 5.10 Å². The molecule has 0 saturated carbocycles. The summed E-state index contributed by atoms with van der Waals surface area (Å²) in [5, 5.41) is 6.55. The number of aromatic nitrogens is 2. The second-order valence-electron chi connectivity index (χ2n) is 4.51. The van der Waals surface area contributed by atoms with Gasteiger partial charge in [-0.1, -0.05) is 13.8 Å². The second kappa shape index (κ2) is 6.33. The highest BCUT2D eigenvalue weighted by molar-refractivity contribution is 6.01. The van der Waals surface area contributed by atoms with Crippen molar-refractivity contribution >= 4 is 17.7 Å². The van der Waals surface area contributed by atoms with Crippen LogP contribution in [0.4, 0.5) is 5.82 Å². The van der Waals surface area contributed by atoms with Crippen LogP contribution in [-0.2, 0) is 16.6 Å². The van der Waals surface area contributed by atoms with Gasteiger partial charge in [-0.3, -0.25) is 9.48 Å². The van der Waals surface area contributed by atoms with Gasteiger partial charge in [0, 0.05) is 7.05 Å². The van der Waals surface area contributed by atoms with Crippen molar-refractivity contribution in [3.8, 4) is 0 Å². The molecule has 0 aliphatic heterocycles. The van der Waals surface area contributed by atoms with Crippen molar-refractivity contribution in [3.05, 3.63) is 11.8 Å². The van der Waals surface area contributed by atoms with Crippen LogP contribution in [0.1, 0.15) is 31.1 Å². The monoisotopic (exact) mass is 268 g/mol. The first kappa shape index (κ1) is 15.2. The summed E-state index contributed by atoms with van der Waals surface area (Å²) in [5.41, 5.74) is 5.97. The maximum absolute atomic E-state index is 11.9. The van der Waals surface area contributed by atoms with E-state index in [0.29, 0.717) is 5.82 Å². The molecule has 1 unspecified atom stereocenters. The van der Waals surface area contributed by atoms with Crippen molar-refractivity contribution in [2.45, 2.75) is 26.8 Å². The van der Waals surface area contributed by atoms with E-state index in [1.165, 1.54) is 10.9 Å². The number of nitrogens with two attached hydrogens (primary N) is 1. The Morgan fingerprint density at radius 2 is 2.16 bits per heavy atom. The van der Waals surface area contributed by atoms with Gasteiger partial charge in [0.1, 0.15) is 11.4 Å². The smallest absolute Gasteiger partial charge is 0.343 e. The molecule has 7 nitrogen and oxygen atoms in total. The molecule has 3 N–H and O–H groups in total. The molecule has 106 valence electrons. The standard InChI is InChI=1S/C12H20N4O3/c1-5-19-12(18)8-6-14-16(4)10(8)15-11(17)9(13)7(2)3/h6-7,9H,5,13H2,1-4H3,(H,15,17). The van der Waals surface area contributed by atoms with Gasteiger partial charge in [0.05, 0.1) is 18.8 Å². The number of hydrogen-bond acceptors (Lipinski definition) is 5. The number of anilines is 1. The van der Waals surface area contributed by atoms with E-state index >= 15 is 0 Å². The molecule has 1 amide bonds. The van der Waals surface area contributed by atoms with E-state index in [-0.39, 0.29) is 24.0 Å². The molecule has 0 bridgehead atoms. The van der Waals surface area contributed by atoms with Crippen LogP contribution in [0, 0.1) is 5.92 Å². The average Bonchev–Trinajstić information content (AvgIpc) is 2.70. The molecule has 1 aromatic rings. The molecule has 0 radical (unpaired) electrons. The van der Waals surface area contributed by atoms with Crippen LogP contribution in [0.25, 0.3) is 0 Å². The molecule has 0 aliphatic rings. The minimum atomic E-state index is -0.648. The highest BCUT2D eigenvalue weighted by Crippen LogP contribution is 2.16. The molecule has 0 spiro atoms. The van der Waals surface area contributed by atoms with Gasteiger partial charge >= 0.3 is 5.97 Å². The normalized spacial score (nSPS) is 12.3. The predicted molar refractivity (Wildman–Crippen MR) is 70.6 cm³/mol. The van der Waals surface area contributed by atoms with Crippen molar-refractivity contribution in [3.63, 3.8) is 0 Å². The lowest BCUT2D eigenvalue weighted by Crippen LogP contribution is -2.40. The zero-order valence-electron chi connectivity index (χ0n) is 11.6. The van der Waals surface area contributed by atoms with Crippen LogP contribution in [0.3, 0.4) is 0 Å². The minimum absolute atomic E-state index is 0.000675. The molecule has 0 fully saturated rings. The SMILES string of the molecule is CCOC(=O)c1cnn(C)c1NC(=O)C(N)C(C)C. The Labute approximate surface area is 112 Å². The fourth-order valence-corrected chi connectivity index (χ4v) is 1.45. The summed E-state index contributed by atoms with van der Waals surface area (Å²) in [6.07, 6.45) is 1.36. The number of carbonyl (C=O) groups is 2. The summed E-state index contributed by atoms with van der Waals surface area (Å²) in [7, 11) is 1.62. The first-order chi connectivity index (χ1) is 8.88. The van der Waals surface area contributed by atoms with Gasteiger partial charge in [-0.15, -0.1) is 0 Å². The molecule has 0 saturated heterocycles. The quantitative estimate of drug-likeness (QED) is 0.758. The molecular weight excluding hydrogens is 248 g/mol. The second-order valence-corrected chi connectivity index (χ2v) is 4.51. The average molecular weight is 268 g/mol. The van der Waals surface area contributed by atoms with Gasteiger partial charge in [-0.25, -0.2) is 4.79 Å². The summed E-state index contributed by atoms with van der Waals surface area (Å²) in [6.45, 7) is 5.66. The third-order valence-corrected chi connectivity index (χ3v) is 2.70. The molecule has 1 aromatic heterocycles. The number of amides is 1. The van der Waals surface area contributed by atoms with Crippen molar-refractivity contribution in [2.24, 2.45) is 18.7 Å². The summed E-state index contributed by atoms with van der Waals surface area (Å²) >= 11 is 0. The molecule has 1 heterocycles. The van der Waals surface area contributed by atoms with Gasteiger partial charge in [0.2, 0.25) is 5.91 Å². The van der Waals surface area contributed by atoms with Crippen LogP contribution in [0.15, 0.2) is 6.20 Å². The van der Waals surface area contributed by atoms with E-state index < -0.39 is 12.0 Å². The van der Waals surface area contributed by atoms with E-state index in [9.17, 15) is 9.59 Å². The third-order valence-electron chi connectivity index (χ3n) is 2.70. The summed E-state index contributed by atoms with van der Waals surface area (Å²) in [4.78, 5) is 23.6. The zero-order chi connectivity index (χ0) is 14.6. The van der Waals surface area contributed by atoms with Crippen LogP contribution in [-0.4, -0.2) is 34.3 Å². The van der Waals surface area contributed by atoms with Crippen LogP contribution in [0.5, 0.6) is 0 Å².